The molecule has 1 N–H and O–H groups in total. The molecule has 0 spiro atoms. The molecular formula is C15H15Cl2N. The van der Waals surface area contributed by atoms with E-state index in [4.69, 9.17) is 23.2 Å². The highest BCUT2D eigenvalue weighted by molar-refractivity contribution is 6.42. The third-order valence-corrected chi connectivity index (χ3v) is 3.72. The zero-order valence-electron chi connectivity index (χ0n) is 10.4. The van der Waals surface area contributed by atoms with Gasteiger partial charge in [-0.1, -0.05) is 59.1 Å². The normalized spacial score (nSPS) is 12.4. The van der Waals surface area contributed by atoms with Gasteiger partial charge in [-0.25, -0.2) is 0 Å². The number of rotatable bonds is 3. The second kappa shape index (κ2) is 5.75. The molecule has 3 heteroatoms. The summed E-state index contributed by atoms with van der Waals surface area (Å²) in [4.78, 5) is 0. The molecule has 0 amide bonds. The van der Waals surface area contributed by atoms with Gasteiger partial charge in [0.25, 0.3) is 0 Å². The summed E-state index contributed by atoms with van der Waals surface area (Å²) in [7, 11) is 1.94. The average molecular weight is 280 g/mol. The first-order chi connectivity index (χ1) is 8.61. The van der Waals surface area contributed by atoms with Crippen molar-refractivity contribution in [1.82, 2.24) is 5.32 Å². The van der Waals surface area contributed by atoms with Gasteiger partial charge in [-0.3, -0.25) is 0 Å². The van der Waals surface area contributed by atoms with E-state index >= 15 is 0 Å². The molecule has 1 unspecified atom stereocenters. The molecule has 1 nitrogen and oxygen atoms in total. The molecule has 18 heavy (non-hydrogen) atoms. The topological polar surface area (TPSA) is 12.0 Å². The molecular weight excluding hydrogens is 265 g/mol. The van der Waals surface area contributed by atoms with Crippen molar-refractivity contribution in [3.05, 3.63) is 69.2 Å². The van der Waals surface area contributed by atoms with Crippen molar-refractivity contribution in [3.63, 3.8) is 0 Å². The Morgan fingerprint density at radius 3 is 2.06 bits per heavy atom. The highest BCUT2D eigenvalue weighted by Gasteiger charge is 2.12. The molecule has 94 valence electrons. The van der Waals surface area contributed by atoms with E-state index in [2.05, 4.69) is 36.5 Å². The van der Waals surface area contributed by atoms with Crippen LogP contribution in [-0.2, 0) is 0 Å². The van der Waals surface area contributed by atoms with Crippen LogP contribution in [0.15, 0.2) is 42.5 Å². The van der Waals surface area contributed by atoms with Crippen LogP contribution in [0.3, 0.4) is 0 Å². The Hall–Kier alpha value is -1.02. The van der Waals surface area contributed by atoms with E-state index < -0.39 is 0 Å². The maximum Gasteiger partial charge on any atom is 0.0595 e. The maximum atomic E-state index is 6.07. The van der Waals surface area contributed by atoms with Crippen LogP contribution in [0.4, 0.5) is 0 Å². The molecule has 2 aromatic carbocycles. The molecule has 2 aromatic rings. The van der Waals surface area contributed by atoms with Gasteiger partial charge >= 0.3 is 0 Å². The minimum atomic E-state index is 0.125. The summed E-state index contributed by atoms with van der Waals surface area (Å²) in [5.41, 5.74) is 3.57. The molecule has 0 heterocycles. The Kier molecular flexibility index (Phi) is 4.28. The van der Waals surface area contributed by atoms with Gasteiger partial charge in [0.2, 0.25) is 0 Å². The van der Waals surface area contributed by atoms with Gasteiger partial charge in [-0.2, -0.15) is 0 Å². The first-order valence-electron chi connectivity index (χ1n) is 5.80. The molecule has 0 aliphatic rings. The first-order valence-corrected chi connectivity index (χ1v) is 6.56. The van der Waals surface area contributed by atoms with E-state index in [1.54, 1.807) is 0 Å². The number of aryl methyl sites for hydroxylation is 1. The summed E-state index contributed by atoms with van der Waals surface area (Å²) >= 11 is 12.0. The van der Waals surface area contributed by atoms with Crippen LogP contribution in [0.5, 0.6) is 0 Å². The van der Waals surface area contributed by atoms with Gasteiger partial charge in [0, 0.05) is 0 Å². The van der Waals surface area contributed by atoms with Gasteiger partial charge in [0.1, 0.15) is 0 Å². The van der Waals surface area contributed by atoms with Gasteiger partial charge in [-0.15, -0.1) is 0 Å². The Morgan fingerprint density at radius 1 is 0.889 bits per heavy atom. The van der Waals surface area contributed by atoms with E-state index in [0.717, 1.165) is 5.56 Å². The maximum absolute atomic E-state index is 6.07. The molecule has 1 atom stereocenters. The minimum Gasteiger partial charge on any atom is -0.309 e. The Labute approximate surface area is 118 Å². The molecule has 0 aromatic heterocycles. The second-order valence-electron chi connectivity index (χ2n) is 4.31. The van der Waals surface area contributed by atoms with Crippen molar-refractivity contribution >= 4 is 23.2 Å². The Balaban J connectivity index is 2.38. The number of halogens is 2. The van der Waals surface area contributed by atoms with Crippen LogP contribution in [0, 0.1) is 6.92 Å². The van der Waals surface area contributed by atoms with Crippen molar-refractivity contribution in [2.75, 3.05) is 7.05 Å². The molecule has 0 saturated carbocycles. The predicted molar refractivity (Wildman–Crippen MR) is 78.5 cm³/mol. The average Bonchev–Trinajstić information content (AvgIpc) is 2.37. The standard InChI is InChI=1S/C15H15Cl2N/c1-10-3-5-11(6-4-10)15(18-2)12-7-8-13(16)14(17)9-12/h3-9,15,18H,1-2H3. The minimum absolute atomic E-state index is 0.125. The molecule has 0 radical (unpaired) electrons. The van der Waals surface area contributed by atoms with Crippen molar-refractivity contribution < 1.29 is 0 Å². The lowest BCUT2D eigenvalue weighted by atomic mass is 9.98. The van der Waals surface area contributed by atoms with Crippen LogP contribution < -0.4 is 5.32 Å². The van der Waals surface area contributed by atoms with E-state index in [1.165, 1.54) is 11.1 Å². The largest absolute Gasteiger partial charge is 0.309 e. The van der Waals surface area contributed by atoms with Crippen molar-refractivity contribution in [3.8, 4) is 0 Å². The summed E-state index contributed by atoms with van der Waals surface area (Å²) < 4.78 is 0. The lowest BCUT2D eigenvalue weighted by Gasteiger charge is -2.18. The van der Waals surface area contributed by atoms with Gasteiger partial charge in [-0.05, 0) is 37.2 Å². The summed E-state index contributed by atoms with van der Waals surface area (Å²) in [6.07, 6.45) is 0. The van der Waals surface area contributed by atoms with Crippen LogP contribution in [0.25, 0.3) is 0 Å². The van der Waals surface area contributed by atoms with Gasteiger partial charge in [0.15, 0.2) is 0 Å². The zero-order chi connectivity index (χ0) is 13.1. The lowest BCUT2D eigenvalue weighted by molar-refractivity contribution is 0.692. The third kappa shape index (κ3) is 2.86. The second-order valence-corrected chi connectivity index (χ2v) is 5.12. The van der Waals surface area contributed by atoms with E-state index in [0.29, 0.717) is 10.0 Å². The van der Waals surface area contributed by atoms with Crippen molar-refractivity contribution in [2.45, 2.75) is 13.0 Å². The van der Waals surface area contributed by atoms with Crippen LogP contribution in [-0.4, -0.2) is 7.05 Å². The molecule has 0 aliphatic heterocycles. The molecule has 0 fully saturated rings. The molecule has 0 bridgehead atoms. The summed E-state index contributed by atoms with van der Waals surface area (Å²) in [6, 6.07) is 14.3. The number of nitrogens with one attached hydrogen (secondary N) is 1. The highest BCUT2D eigenvalue weighted by atomic mass is 35.5. The Bertz CT molecular complexity index is 535. The monoisotopic (exact) mass is 279 g/mol. The van der Waals surface area contributed by atoms with Crippen LogP contribution in [0.2, 0.25) is 10.0 Å². The molecule has 2 rings (SSSR count). The fourth-order valence-corrected chi connectivity index (χ4v) is 2.28. The zero-order valence-corrected chi connectivity index (χ0v) is 11.9. The van der Waals surface area contributed by atoms with E-state index in [9.17, 15) is 0 Å². The summed E-state index contributed by atoms with van der Waals surface area (Å²) in [5.74, 6) is 0. The number of hydrogen-bond donors (Lipinski definition) is 1. The Morgan fingerprint density at radius 2 is 1.50 bits per heavy atom. The van der Waals surface area contributed by atoms with Crippen LogP contribution in [0.1, 0.15) is 22.7 Å². The first kappa shape index (κ1) is 13.4. The van der Waals surface area contributed by atoms with E-state index in [-0.39, 0.29) is 6.04 Å². The van der Waals surface area contributed by atoms with Crippen molar-refractivity contribution in [2.24, 2.45) is 0 Å². The third-order valence-electron chi connectivity index (χ3n) is 2.98. The van der Waals surface area contributed by atoms with Crippen molar-refractivity contribution in [1.29, 1.82) is 0 Å². The lowest BCUT2D eigenvalue weighted by Crippen LogP contribution is -2.17. The summed E-state index contributed by atoms with van der Waals surface area (Å²) in [5, 5.41) is 4.47. The van der Waals surface area contributed by atoms with E-state index in [1.807, 2.05) is 25.2 Å². The molecule has 0 aliphatic carbocycles. The number of hydrogen-bond acceptors (Lipinski definition) is 1. The summed E-state index contributed by atoms with van der Waals surface area (Å²) in [6.45, 7) is 2.08. The fourth-order valence-electron chi connectivity index (χ4n) is 1.98. The van der Waals surface area contributed by atoms with Gasteiger partial charge in [0.05, 0.1) is 16.1 Å². The smallest absolute Gasteiger partial charge is 0.0595 e. The highest BCUT2D eigenvalue weighted by Crippen LogP contribution is 2.28. The van der Waals surface area contributed by atoms with Gasteiger partial charge < -0.3 is 5.32 Å². The molecule has 0 saturated heterocycles. The fraction of sp³-hybridized carbons (Fsp3) is 0.200. The van der Waals surface area contributed by atoms with Crippen LogP contribution >= 0.6 is 23.2 Å². The SMILES string of the molecule is CNC(c1ccc(C)cc1)c1ccc(Cl)c(Cl)c1. The predicted octanol–water partition coefficient (Wildman–Crippen LogP) is 4.61. The number of benzene rings is 2. The quantitative estimate of drug-likeness (QED) is 0.865.